The minimum Gasteiger partial charge on any atom is -0.444 e. The third kappa shape index (κ3) is 2.86. The summed E-state index contributed by atoms with van der Waals surface area (Å²) in [6.07, 6.45) is -0.896. The molecule has 8 heteroatoms. The number of aromatic nitrogens is 2. The number of nitrogens with one attached hydrogen (secondary N) is 1. The molecule has 2 fully saturated rings. The standard InChI is InChI=1S/C13H17F2N3O2S/c1-7-10(8-3-13(14,15)4-8)17-18(2)11(7)16-12(19)20-9-5-21-6-9/h8-9H,3-6H2,1-2H3,(H,16,19). The van der Waals surface area contributed by atoms with E-state index in [1.807, 2.05) is 0 Å². The molecule has 21 heavy (non-hydrogen) atoms. The van der Waals surface area contributed by atoms with Gasteiger partial charge in [-0.3, -0.25) is 10.00 Å². The van der Waals surface area contributed by atoms with E-state index in [-0.39, 0.29) is 24.9 Å². The van der Waals surface area contributed by atoms with E-state index < -0.39 is 12.0 Å². The molecule has 1 aromatic rings. The van der Waals surface area contributed by atoms with Crippen LogP contribution >= 0.6 is 11.8 Å². The average Bonchev–Trinajstić information content (AvgIpc) is 2.58. The van der Waals surface area contributed by atoms with Gasteiger partial charge in [0.15, 0.2) is 0 Å². The second-order valence-electron chi connectivity index (χ2n) is 5.63. The summed E-state index contributed by atoms with van der Waals surface area (Å²) in [5, 5.41) is 6.94. The quantitative estimate of drug-likeness (QED) is 0.931. The molecule has 0 radical (unpaired) electrons. The molecule has 1 saturated carbocycles. The Kier molecular flexibility index (Phi) is 3.59. The maximum atomic E-state index is 13.0. The molecule has 0 aromatic carbocycles. The average molecular weight is 317 g/mol. The van der Waals surface area contributed by atoms with E-state index >= 15 is 0 Å². The van der Waals surface area contributed by atoms with Crippen LogP contribution in [0.3, 0.4) is 0 Å². The van der Waals surface area contributed by atoms with Crippen LogP contribution in [0.2, 0.25) is 0 Å². The predicted octanol–water partition coefficient (Wildman–Crippen LogP) is 2.91. The number of rotatable bonds is 3. The van der Waals surface area contributed by atoms with Crippen molar-refractivity contribution in [2.24, 2.45) is 7.05 Å². The van der Waals surface area contributed by atoms with Gasteiger partial charge in [0.1, 0.15) is 11.9 Å². The first kappa shape index (κ1) is 14.6. The number of alkyl halides is 2. The largest absolute Gasteiger partial charge is 0.444 e. The van der Waals surface area contributed by atoms with Crippen LogP contribution in [-0.2, 0) is 11.8 Å². The number of thioether (sulfide) groups is 1. The van der Waals surface area contributed by atoms with Crippen LogP contribution in [0.15, 0.2) is 0 Å². The van der Waals surface area contributed by atoms with Crippen molar-refractivity contribution in [1.29, 1.82) is 0 Å². The zero-order valence-corrected chi connectivity index (χ0v) is 12.7. The van der Waals surface area contributed by atoms with E-state index in [0.717, 1.165) is 17.1 Å². The molecule has 0 atom stereocenters. The summed E-state index contributed by atoms with van der Waals surface area (Å²) in [5.41, 5.74) is 1.37. The Hall–Kier alpha value is -1.31. The maximum absolute atomic E-state index is 13.0. The molecule has 2 heterocycles. The first-order chi connectivity index (χ1) is 9.85. The summed E-state index contributed by atoms with van der Waals surface area (Å²) in [6.45, 7) is 1.79. The van der Waals surface area contributed by atoms with E-state index in [1.165, 1.54) is 4.68 Å². The number of hydrogen-bond donors (Lipinski definition) is 1. The third-order valence-corrected chi connectivity index (χ3v) is 5.11. The molecule has 1 saturated heterocycles. The molecular formula is C13H17F2N3O2S. The number of anilines is 1. The van der Waals surface area contributed by atoms with Crippen LogP contribution < -0.4 is 5.32 Å². The van der Waals surface area contributed by atoms with Gasteiger partial charge in [0.05, 0.1) is 5.69 Å². The summed E-state index contributed by atoms with van der Waals surface area (Å²) in [6, 6.07) is 0. The minimum atomic E-state index is -2.58. The minimum absolute atomic E-state index is 0.0340. The molecule has 0 unspecified atom stereocenters. The molecule has 1 N–H and O–H groups in total. The highest BCUT2D eigenvalue weighted by Gasteiger charge is 2.47. The van der Waals surface area contributed by atoms with E-state index in [2.05, 4.69) is 10.4 Å². The Bertz CT molecular complexity index is 564. The highest BCUT2D eigenvalue weighted by atomic mass is 32.2. The van der Waals surface area contributed by atoms with Gasteiger partial charge in [0, 0.05) is 42.9 Å². The topological polar surface area (TPSA) is 56.2 Å². The Labute approximate surface area is 125 Å². The van der Waals surface area contributed by atoms with E-state index in [4.69, 9.17) is 4.74 Å². The number of carbonyl (C=O) groups is 1. The smallest absolute Gasteiger partial charge is 0.413 e. The number of halogens is 2. The summed E-state index contributed by atoms with van der Waals surface area (Å²) < 4.78 is 32.7. The van der Waals surface area contributed by atoms with Crippen molar-refractivity contribution in [3.05, 3.63) is 11.3 Å². The molecule has 1 aliphatic carbocycles. The van der Waals surface area contributed by atoms with Crippen molar-refractivity contribution in [1.82, 2.24) is 9.78 Å². The van der Waals surface area contributed by atoms with Crippen LogP contribution in [-0.4, -0.2) is 39.4 Å². The highest BCUT2D eigenvalue weighted by Crippen LogP contribution is 2.49. The fourth-order valence-electron chi connectivity index (χ4n) is 2.63. The molecule has 3 rings (SSSR count). The number of aryl methyl sites for hydroxylation is 1. The first-order valence-electron chi connectivity index (χ1n) is 6.82. The van der Waals surface area contributed by atoms with Gasteiger partial charge in [-0.05, 0) is 6.92 Å². The highest BCUT2D eigenvalue weighted by molar-refractivity contribution is 8.00. The monoisotopic (exact) mass is 317 g/mol. The van der Waals surface area contributed by atoms with Crippen molar-refractivity contribution in [3.8, 4) is 0 Å². The zero-order valence-electron chi connectivity index (χ0n) is 11.9. The van der Waals surface area contributed by atoms with Crippen molar-refractivity contribution < 1.29 is 18.3 Å². The van der Waals surface area contributed by atoms with Crippen LogP contribution in [0.1, 0.15) is 30.0 Å². The van der Waals surface area contributed by atoms with Gasteiger partial charge in [-0.15, -0.1) is 0 Å². The lowest BCUT2D eigenvalue weighted by Crippen LogP contribution is -2.34. The van der Waals surface area contributed by atoms with Crippen molar-refractivity contribution >= 4 is 23.7 Å². The Morgan fingerprint density at radius 1 is 1.48 bits per heavy atom. The molecule has 1 aliphatic heterocycles. The zero-order chi connectivity index (χ0) is 15.2. The van der Waals surface area contributed by atoms with Gasteiger partial charge in [0.25, 0.3) is 0 Å². The summed E-state index contributed by atoms with van der Waals surface area (Å²) >= 11 is 1.72. The van der Waals surface area contributed by atoms with Crippen molar-refractivity contribution in [2.45, 2.75) is 37.7 Å². The van der Waals surface area contributed by atoms with E-state index in [0.29, 0.717) is 11.5 Å². The van der Waals surface area contributed by atoms with Gasteiger partial charge in [-0.1, -0.05) is 0 Å². The molecule has 2 aliphatic rings. The number of nitrogens with zero attached hydrogens (tertiary/aromatic N) is 2. The molecule has 1 aromatic heterocycles. The van der Waals surface area contributed by atoms with E-state index in [1.54, 1.807) is 25.7 Å². The normalized spacial score (nSPS) is 21.5. The summed E-state index contributed by atoms with van der Waals surface area (Å²) in [5.74, 6) is -0.665. The lowest BCUT2D eigenvalue weighted by atomic mass is 9.78. The Balaban J connectivity index is 1.68. The molecule has 5 nitrogen and oxygen atoms in total. The Morgan fingerprint density at radius 2 is 2.14 bits per heavy atom. The molecular weight excluding hydrogens is 300 g/mol. The fraction of sp³-hybridized carbons (Fsp3) is 0.692. The van der Waals surface area contributed by atoms with Crippen LogP contribution in [0.25, 0.3) is 0 Å². The van der Waals surface area contributed by atoms with Crippen LogP contribution in [0.4, 0.5) is 19.4 Å². The second-order valence-corrected chi connectivity index (χ2v) is 6.71. The lowest BCUT2D eigenvalue weighted by molar-refractivity contribution is -0.0877. The van der Waals surface area contributed by atoms with Gasteiger partial charge < -0.3 is 4.74 Å². The predicted molar refractivity (Wildman–Crippen MR) is 76.1 cm³/mol. The number of hydrogen-bond acceptors (Lipinski definition) is 4. The van der Waals surface area contributed by atoms with Gasteiger partial charge in [-0.2, -0.15) is 16.9 Å². The number of ether oxygens (including phenoxy) is 1. The number of amides is 1. The van der Waals surface area contributed by atoms with Crippen molar-refractivity contribution in [3.63, 3.8) is 0 Å². The summed E-state index contributed by atoms with van der Waals surface area (Å²) in [7, 11) is 1.68. The first-order valence-corrected chi connectivity index (χ1v) is 7.98. The summed E-state index contributed by atoms with van der Waals surface area (Å²) in [4.78, 5) is 11.8. The van der Waals surface area contributed by atoms with Gasteiger partial charge >= 0.3 is 6.09 Å². The van der Waals surface area contributed by atoms with Crippen LogP contribution in [0.5, 0.6) is 0 Å². The van der Waals surface area contributed by atoms with Crippen LogP contribution in [0, 0.1) is 6.92 Å². The fourth-order valence-corrected chi connectivity index (χ4v) is 3.19. The SMILES string of the molecule is Cc1c(C2CC(F)(F)C2)nn(C)c1NC(=O)OC1CSC1. The van der Waals surface area contributed by atoms with Gasteiger partial charge in [0.2, 0.25) is 5.92 Å². The van der Waals surface area contributed by atoms with Crippen molar-refractivity contribution in [2.75, 3.05) is 16.8 Å². The maximum Gasteiger partial charge on any atom is 0.413 e. The molecule has 0 spiro atoms. The molecule has 1 amide bonds. The third-order valence-electron chi connectivity index (χ3n) is 3.90. The molecule has 0 bridgehead atoms. The lowest BCUT2D eigenvalue weighted by Gasteiger charge is -2.34. The van der Waals surface area contributed by atoms with Gasteiger partial charge in [-0.25, -0.2) is 13.6 Å². The number of carbonyl (C=O) groups excluding carboxylic acids is 1. The second kappa shape index (κ2) is 5.15. The molecule has 116 valence electrons. The van der Waals surface area contributed by atoms with E-state index in [9.17, 15) is 13.6 Å². The Morgan fingerprint density at radius 3 is 2.67 bits per heavy atom.